The van der Waals surface area contributed by atoms with Crippen LogP contribution < -0.4 is 10.6 Å². The minimum atomic E-state index is -0.255. The molecule has 0 aromatic heterocycles. The Morgan fingerprint density at radius 1 is 1.15 bits per heavy atom. The standard InChI is InChI=1S/C21H24ClN3O2/c1-15(18-9-4-5-10-19(18)22)24-21(27)23-13-16-7-2-3-8-17(16)14-25-12-6-11-20(25)26/h2-5,7-10,15H,6,11-14H2,1H3,(H2,23,24,27)/t15-/m0/s1. The molecule has 1 heterocycles. The number of benzene rings is 2. The normalized spacial score (nSPS) is 14.9. The molecule has 0 aliphatic carbocycles. The minimum Gasteiger partial charge on any atom is -0.338 e. The minimum absolute atomic E-state index is 0.198. The summed E-state index contributed by atoms with van der Waals surface area (Å²) in [4.78, 5) is 26.0. The van der Waals surface area contributed by atoms with Crippen molar-refractivity contribution in [3.63, 3.8) is 0 Å². The largest absolute Gasteiger partial charge is 0.338 e. The van der Waals surface area contributed by atoms with Gasteiger partial charge in [-0.25, -0.2) is 4.79 Å². The average molecular weight is 386 g/mol. The number of urea groups is 1. The summed E-state index contributed by atoms with van der Waals surface area (Å²) in [5.41, 5.74) is 2.95. The average Bonchev–Trinajstić information content (AvgIpc) is 3.06. The first-order valence-electron chi connectivity index (χ1n) is 9.18. The zero-order chi connectivity index (χ0) is 19.2. The summed E-state index contributed by atoms with van der Waals surface area (Å²) in [6.45, 7) is 3.69. The third kappa shape index (κ3) is 5.01. The zero-order valence-electron chi connectivity index (χ0n) is 15.4. The molecular weight excluding hydrogens is 362 g/mol. The highest BCUT2D eigenvalue weighted by Gasteiger charge is 2.21. The first-order chi connectivity index (χ1) is 13.0. The predicted octanol–water partition coefficient (Wildman–Crippen LogP) is 4.02. The van der Waals surface area contributed by atoms with Crippen molar-refractivity contribution < 1.29 is 9.59 Å². The molecular formula is C21H24ClN3O2. The number of carbonyl (C=O) groups excluding carboxylic acids is 2. The van der Waals surface area contributed by atoms with E-state index >= 15 is 0 Å². The number of halogens is 1. The molecule has 6 heteroatoms. The van der Waals surface area contributed by atoms with Gasteiger partial charge in [0.05, 0.1) is 6.04 Å². The van der Waals surface area contributed by atoms with Gasteiger partial charge in [-0.2, -0.15) is 0 Å². The lowest BCUT2D eigenvalue weighted by Crippen LogP contribution is -2.37. The SMILES string of the molecule is C[C@H](NC(=O)NCc1ccccc1CN1CCCC1=O)c1ccccc1Cl. The fourth-order valence-corrected chi connectivity index (χ4v) is 3.59. The van der Waals surface area contributed by atoms with Crippen LogP contribution in [-0.4, -0.2) is 23.4 Å². The number of nitrogens with zero attached hydrogens (tertiary/aromatic N) is 1. The van der Waals surface area contributed by atoms with Crippen LogP contribution in [0.1, 0.15) is 42.5 Å². The van der Waals surface area contributed by atoms with Crippen LogP contribution >= 0.6 is 11.6 Å². The molecule has 3 rings (SSSR count). The van der Waals surface area contributed by atoms with Gasteiger partial charge in [-0.05, 0) is 36.1 Å². The Morgan fingerprint density at radius 3 is 2.56 bits per heavy atom. The van der Waals surface area contributed by atoms with Crippen molar-refractivity contribution in [2.24, 2.45) is 0 Å². The maximum absolute atomic E-state index is 12.3. The monoisotopic (exact) mass is 385 g/mol. The molecule has 1 atom stereocenters. The van der Waals surface area contributed by atoms with Gasteiger partial charge in [0.2, 0.25) is 5.91 Å². The van der Waals surface area contributed by atoms with E-state index in [2.05, 4.69) is 10.6 Å². The smallest absolute Gasteiger partial charge is 0.315 e. The Hall–Kier alpha value is -2.53. The predicted molar refractivity (Wildman–Crippen MR) is 106 cm³/mol. The Labute approximate surface area is 164 Å². The van der Waals surface area contributed by atoms with E-state index in [0.29, 0.717) is 24.5 Å². The summed E-state index contributed by atoms with van der Waals surface area (Å²) < 4.78 is 0. The highest BCUT2D eigenvalue weighted by atomic mass is 35.5. The second-order valence-electron chi connectivity index (χ2n) is 6.76. The summed E-state index contributed by atoms with van der Waals surface area (Å²) in [5, 5.41) is 6.44. The van der Waals surface area contributed by atoms with Gasteiger partial charge in [0.15, 0.2) is 0 Å². The molecule has 2 aromatic carbocycles. The molecule has 2 aromatic rings. The molecule has 0 radical (unpaired) electrons. The third-order valence-electron chi connectivity index (χ3n) is 4.81. The van der Waals surface area contributed by atoms with Gasteiger partial charge in [0.1, 0.15) is 0 Å². The molecule has 1 aliphatic heterocycles. The first-order valence-corrected chi connectivity index (χ1v) is 9.55. The molecule has 1 aliphatic rings. The Balaban J connectivity index is 1.57. The number of hydrogen-bond donors (Lipinski definition) is 2. The molecule has 3 amide bonds. The molecule has 0 unspecified atom stereocenters. The molecule has 27 heavy (non-hydrogen) atoms. The number of hydrogen-bond acceptors (Lipinski definition) is 2. The van der Waals surface area contributed by atoms with Crippen molar-refractivity contribution >= 4 is 23.5 Å². The van der Waals surface area contributed by atoms with Crippen molar-refractivity contribution in [1.82, 2.24) is 15.5 Å². The molecule has 0 spiro atoms. The van der Waals surface area contributed by atoms with Crippen molar-refractivity contribution in [2.45, 2.75) is 38.9 Å². The van der Waals surface area contributed by atoms with Crippen LogP contribution in [0.3, 0.4) is 0 Å². The quantitative estimate of drug-likeness (QED) is 0.788. The lowest BCUT2D eigenvalue weighted by atomic mass is 10.1. The third-order valence-corrected chi connectivity index (χ3v) is 5.15. The van der Waals surface area contributed by atoms with Crippen LogP contribution in [0.25, 0.3) is 0 Å². The van der Waals surface area contributed by atoms with Gasteiger partial charge < -0.3 is 15.5 Å². The van der Waals surface area contributed by atoms with E-state index in [4.69, 9.17) is 11.6 Å². The highest BCUT2D eigenvalue weighted by Crippen LogP contribution is 2.22. The topological polar surface area (TPSA) is 61.4 Å². The number of rotatable bonds is 6. The first kappa shape index (κ1) is 19.2. The zero-order valence-corrected chi connectivity index (χ0v) is 16.1. The van der Waals surface area contributed by atoms with Gasteiger partial charge in [-0.3, -0.25) is 4.79 Å². The summed E-state index contributed by atoms with van der Waals surface area (Å²) in [6, 6.07) is 14.9. The van der Waals surface area contributed by atoms with Crippen LogP contribution in [0, 0.1) is 0 Å². The van der Waals surface area contributed by atoms with E-state index in [1.54, 1.807) is 0 Å². The second-order valence-corrected chi connectivity index (χ2v) is 7.16. The van der Waals surface area contributed by atoms with Crippen LogP contribution in [-0.2, 0) is 17.9 Å². The Kier molecular flexibility index (Phi) is 6.35. The fourth-order valence-electron chi connectivity index (χ4n) is 3.29. The highest BCUT2D eigenvalue weighted by molar-refractivity contribution is 6.31. The molecule has 1 saturated heterocycles. The van der Waals surface area contributed by atoms with Crippen LogP contribution in [0.4, 0.5) is 4.79 Å². The molecule has 1 fully saturated rings. The number of likely N-dealkylation sites (tertiary alicyclic amines) is 1. The molecule has 0 bridgehead atoms. The summed E-state index contributed by atoms with van der Waals surface area (Å²) in [6.07, 6.45) is 1.55. The van der Waals surface area contributed by atoms with E-state index < -0.39 is 0 Å². The van der Waals surface area contributed by atoms with Crippen molar-refractivity contribution in [1.29, 1.82) is 0 Å². The number of amides is 3. The van der Waals surface area contributed by atoms with Gasteiger partial charge in [-0.1, -0.05) is 54.1 Å². The van der Waals surface area contributed by atoms with Gasteiger partial charge in [-0.15, -0.1) is 0 Å². The van der Waals surface area contributed by atoms with Gasteiger partial charge in [0, 0.05) is 31.1 Å². The molecule has 2 N–H and O–H groups in total. The second kappa shape index (κ2) is 8.91. The summed E-state index contributed by atoms with van der Waals surface area (Å²) in [5.74, 6) is 0.198. The van der Waals surface area contributed by atoms with Crippen LogP contribution in [0.5, 0.6) is 0 Å². The van der Waals surface area contributed by atoms with Crippen molar-refractivity contribution in [3.8, 4) is 0 Å². The van der Waals surface area contributed by atoms with E-state index in [0.717, 1.165) is 29.7 Å². The maximum Gasteiger partial charge on any atom is 0.315 e. The Morgan fingerprint density at radius 2 is 1.85 bits per heavy atom. The molecule has 0 saturated carbocycles. The molecule has 142 valence electrons. The summed E-state index contributed by atoms with van der Waals surface area (Å²) >= 11 is 6.19. The van der Waals surface area contributed by atoms with E-state index in [9.17, 15) is 9.59 Å². The van der Waals surface area contributed by atoms with E-state index in [1.807, 2.05) is 60.4 Å². The lowest BCUT2D eigenvalue weighted by molar-refractivity contribution is -0.128. The van der Waals surface area contributed by atoms with Gasteiger partial charge in [0.25, 0.3) is 0 Å². The van der Waals surface area contributed by atoms with Gasteiger partial charge >= 0.3 is 6.03 Å². The van der Waals surface area contributed by atoms with Crippen LogP contribution in [0.15, 0.2) is 48.5 Å². The maximum atomic E-state index is 12.3. The van der Waals surface area contributed by atoms with E-state index in [1.165, 1.54) is 0 Å². The van der Waals surface area contributed by atoms with Crippen molar-refractivity contribution in [3.05, 3.63) is 70.2 Å². The fraction of sp³-hybridized carbons (Fsp3) is 0.333. The Bertz CT molecular complexity index is 825. The number of nitrogens with one attached hydrogen (secondary N) is 2. The molecule has 5 nitrogen and oxygen atoms in total. The van der Waals surface area contributed by atoms with E-state index in [-0.39, 0.29) is 18.0 Å². The van der Waals surface area contributed by atoms with Crippen LogP contribution in [0.2, 0.25) is 5.02 Å². The lowest BCUT2D eigenvalue weighted by Gasteiger charge is -2.19. The summed E-state index contributed by atoms with van der Waals surface area (Å²) in [7, 11) is 0. The van der Waals surface area contributed by atoms with Crippen molar-refractivity contribution in [2.75, 3.05) is 6.54 Å². The number of carbonyl (C=O) groups is 2.